The first-order valence-corrected chi connectivity index (χ1v) is 14.2. The number of nitrogens with one attached hydrogen (secondary N) is 5. The SMILES string of the molecule is C=C(C)S\C(C)=N/C(C)=C/C(=C\CCC)C(=N)/C(CC)=C(/NC(=O)NCCNCCOC)Nc1ccccc1. The second-order valence-corrected chi connectivity index (χ2v) is 10.4. The molecule has 39 heavy (non-hydrogen) atoms. The number of amides is 2. The van der Waals surface area contributed by atoms with Gasteiger partial charge in [-0.05, 0) is 62.3 Å². The van der Waals surface area contributed by atoms with Crippen molar-refractivity contribution < 1.29 is 9.53 Å². The topological polar surface area (TPSA) is 111 Å². The number of carbonyl (C=O) groups excluding carboxylic acids is 1. The number of urea groups is 1. The lowest BCUT2D eigenvalue weighted by atomic mass is 9.98. The van der Waals surface area contributed by atoms with Crippen LogP contribution in [0.1, 0.15) is 53.9 Å². The first-order chi connectivity index (χ1) is 18.7. The van der Waals surface area contributed by atoms with Crippen molar-refractivity contribution in [2.24, 2.45) is 4.99 Å². The Morgan fingerprint density at radius 3 is 2.46 bits per heavy atom. The molecule has 1 rings (SSSR count). The number of thioether (sulfide) groups is 1. The molecule has 0 fully saturated rings. The molecule has 1 aromatic rings. The molecule has 1 aromatic carbocycles. The average molecular weight is 555 g/mol. The Hall–Kier alpha value is -3.14. The predicted octanol–water partition coefficient (Wildman–Crippen LogP) is 6.59. The normalized spacial score (nSPS) is 13.0. The van der Waals surface area contributed by atoms with Crippen LogP contribution in [0.2, 0.25) is 0 Å². The van der Waals surface area contributed by atoms with Crippen LogP contribution in [-0.4, -0.2) is 50.1 Å². The maximum Gasteiger partial charge on any atom is 0.320 e. The van der Waals surface area contributed by atoms with Crippen molar-refractivity contribution in [2.75, 3.05) is 38.7 Å². The number of unbranched alkanes of at least 4 members (excludes halogenated alkanes) is 1. The van der Waals surface area contributed by atoms with Gasteiger partial charge in [0.25, 0.3) is 0 Å². The Morgan fingerprint density at radius 2 is 1.85 bits per heavy atom. The standard InChI is InChI=1S/C30H46N6O2S/c1-8-10-14-25(21-23(5)34-24(6)39-22(3)4)28(31)27(9-2)29(35-26-15-12-11-13-16-26)36-30(37)33-18-17-32-19-20-38-7/h11-16,21,31-32,35H,3,8-10,17-20H2,1-2,4-7H3,(H2,33,36,37)/b23-21+,25-14+,29-27+,31-28?,34-24-. The summed E-state index contributed by atoms with van der Waals surface area (Å²) in [7, 11) is 1.65. The zero-order chi connectivity index (χ0) is 29.0. The van der Waals surface area contributed by atoms with E-state index in [2.05, 4.69) is 45.8 Å². The van der Waals surface area contributed by atoms with Gasteiger partial charge in [-0.1, -0.05) is 62.9 Å². The monoisotopic (exact) mass is 554 g/mol. The average Bonchev–Trinajstić information content (AvgIpc) is 2.88. The summed E-state index contributed by atoms with van der Waals surface area (Å²) in [5, 5.41) is 22.4. The van der Waals surface area contributed by atoms with E-state index in [1.54, 1.807) is 7.11 Å². The summed E-state index contributed by atoms with van der Waals surface area (Å²) in [6, 6.07) is 9.27. The second-order valence-electron chi connectivity index (χ2n) is 8.87. The van der Waals surface area contributed by atoms with Gasteiger partial charge in [0.15, 0.2) is 0 Å². The fourth-order valence-electron chi connectivity index (χ4n) is 3.54. The third-order valence-electron chi connectivity index (χ3n) is 5.27. The molecule has 0 atom stereocenters. The van der Waals surface area contributed by atoms with E-state index in [0.29, 0.717) is 49.8 Å². The molecule has 0 heterocycles. The fourth-order valence-corrected chi connectivity index (χ4v) is 4.23. The third-order valence-corrected chi connectivity index (χ3v) is 6.01. The van der Waals surface area contributed by atoms with Crippen molar-refractivity contribution in [3.05, 3.63) is 76.6 Å². The summed E-state index contributed by atoms with van der Waals surface area (Å²) in [6.07, 6.45) is 6.31. The number of carbonyl (C=O) groups is 1. The van der Waals surface area contributed by atoms with Crippen LogP contribution in [0, 0.1) is 5.41 Å². The van der Waals surface area contributed by atoms with Crippen molar-refractivity contribution in [2.45, 2.75) is 53.9 Å². The van der Waals surface area contributed by atoms with Crippen LogP contribution in [-0.2, 0) is 4.74 Å². The van der Waals surface area contributed by atoms with Crippen LogP contribution < -0.4 is 21.3 Å². The molecule has 0 saturated carbocycles. The molecule has 0 aliphatic carbocycles. The number of methoxy groups -OCH3 is 1. The Bertz CT molecular complexity index is 1060. The number of ether oxygens (including phenoxy) is 1. The maximum atomic E-state index is 12.8. The highest BCUT2D eigenvalue weighted by Gasteiger charge is 2.17. The number of nitrogens with zero attached hydrogens (tertiary/aromatic N) is 1. The van der Waals surface area contributed by atoms with Gasteiger partial charge >= 0.3 is 6.03 Å². The van der Waals surface area contributed by atoms with Gasteiger partial charge in [0.2, 0.25) is 0 Å². The van der Waals surface area contributed by atoms with Crippen molar-refractivity contribution in [3.63, 3.8) is 0 Å². The van der Waals surface area contributed by atoms with E-state index in [-0.39, 0.29) is 6.03 Å². The molecule has 8 nitrogen and oxygen atoms in total. The molecule has 5 N–H and O–H groups in total. The van der Waals surface area contributed by atoms with E-state index in [1.165, 1.54) is 11.8 Å². The van der Waals surface area contributed by atoms with E-state index in [1.807, 2.05) is 64.1 Å². The van der Waals surface area contributed by atoms with Crippen LogP contribution in [0.3, 0.4) is 0 Å². The molecule has 214 valence electrons. The van der Waals surface area contributed by atoms with Gasteiger partial charge < -0.3 is 20.7 Å². The minimum atomic E-state index is -0.344. The summed E-state index contributed by atoms with van der Waals surface area (Å²) < 4.78 is 5.02. The number of allylic oxidation sites excluding steroid dienone is 6. The van der Waals surface area contributed by atoms with E-state index in [4.69, 9.17) is 4.74 Å². The fraction of sp³-hybridized carbons (Fsp3) is 0.433. The highest BCUT2D eigenvalue weighted by molar-refractivity contribution is 8.17. The summed E-state index contributed by atoms with van der Waals surface area (Å²) in [4.78, 5) is 18.5. The number of hydrogen-bond acceptors (Lipinski definition) is 7. The first-order valence-electron chi connectivity index (χ1n) is 13.4. The van der Waals surface area contributed by atoms with Gasteiger partial charge in [-0.15, -0.1) is 0 Å². The van der Waals surface area contributed by atoms with Crippen LogP contribution in [0.15, 0.2) is 81.6 Å². The highest BCUT2D eigenvalue weighted by Crippen LogP contribution is 2.21. The quantitative estimate of drug-likeness (QED) is 0.0646. The summed E-state index contributed by atoms with van der Waals surface area (Å²) >= 11 is 1.53. The van der Waals surface area contributed by atoms with Gasteiger partial charge in [0.1, 0.15) is 5.82 Å². The van der Waals surface area contributed by atoms with Gasteiger partial charge in [-0.3, -0.25) is 15.7 Å². The first kappa shape index (κ1) is 33.9. The van der Waals surface area contributed by atoms with Crippen LogP contribution >= 0.6 is 11.8 Å². The van der Waals surface area contributed by atoms with Crippen molar-refractivity contribution in [3.8, 4) is 0 Å². The van der Waals surface area contributed by atoms with Crippen LogP contribution in [0.5, 0.6) is 0 Å². The molecule has 0 aromatic heterocycles. The molecule has 2 amide bonds. The molecule has 0 unspecified atom stereocenters. The molecule has 0 radical (unpaired) electrons. The van der Waals surface area contributed by atoms with E-state index >= 15 is 0 Å². The van der Waals surface area contributed by atoms with Gasteiger partial charge in [0.05, 0.1) is 17.4 Å². The molecule has 0 aliphatic heterocycles. The molecule has 0 spiro atoms. The number of rotatable bonds is 17. The molecule has 9 heteroatoms. The van der Waals surface area contributed by atoms with E-state index in [9.17, 15) is 10.2 Å². The lowest BCUT2D eigenvalue weighted by Gasteiger charge is -2.19. The zero-order valence-electron chi connectivity index (χ0n) is 24.4. The smallest absolute Gasteiger partial charge is 0.320 e. The molecular formula is C30H46N6O2S. The van der Waals surface area contributed by atoms with Crippen molar-refractivity contribution >= 4 is 34.2 Å². The third kappa shape index (κ3) is 14.6. The number of para-hydroxylation sites is 1. The molecule has 0 bridgehead atoms. The summed E-state index contributed by atoms with van der Waals surface area (Å²) in [5.74, 6) is 0.476. The van der Waals surface area contributed by atoms with Crippen LogP contribution in [0.4, 0.5) is 10.5 Å². The number of aliphatic imine (C=N–C) groups is 1. The van der Waals surface area contributed by atoms with Gasteiger partial charge in [0, 0.05) is 43.7 Å². The zero-order valence-corrected chi connectivity index (χ0v) is 25.2. The summed E-state index contributed by atoms with van der Waals surface area (Å²) in [5.41, 5.74) is 3.41. The highest BCUT2D eigenvalue weighted by atomic mass is 32.2. The van der Waals surface area contributed by atoms with Gasteiger partial charge in [-0.2, -0.15) is 0 Å². The molecule has 0 aliphatic rings. The number of anilines is 1. The largest absolute Gasteiger partial charge is 0.383 e. The Balaban J connectivity index is 3.31. The predicted molar refractivity (Wildman–Crippen MR) is 169 cm³/mol. The Kier molecular flexibility index (Phi) is 17.3. The van der Waals surface area contributed by atoms with Crippen molar-refractivity contribution in [1.29, 1.82) is 5.41 Å². The Morgan fingerprint density at radius 1 is 1.13 bits per heavy atom. The minimum Gasteiger partial charge on any atom is -0.383 e. The Labute approximate surface area is 239 Å². The lowest BCUT2D eigenvalue weighted by Crippen LogP contribution is -2.41. The minimum absolute atomic E-state index is 0.339. The van der Waals surface area contributed by atoms with Crippen molar-refractivity contribution in [1.82, 2.24) is 16.0 Å². The van der Waals surface area contributed by atoms with E-state index in [0.717, 1.165) is 39.7 Å². The molecular weight excluding hydrogens is 508 g/mol. The lowest BCUT2D eigenvalue weighted by molar-refractivity contribution is 0.199. The van der Waals surface area contributed by atoms with E-state index < -0.39 is 0 Å². The molecule has 0 saturated heterocycles. The number of hydrogen-bond donors (Lipinski definition) is 5. The van der Waals surface area contributed by atoms with Crippen LogP contribution in [0.25, 0.3) is 0 Å². The number of benzene rings is 1. The summed E-state index contributed by atoms with van der Waals surface area (Å²) in [6.45, 7) is 16.3. The second kappa shape index (κ2) is 19.9. The van der Waals surface area contributed by atoms with Gasteiger partial charge in [-0.25, -0.2) is 4.79 Å². The maximum absolute atomic E-state index is 12.8.